The SMILES string of the molecule is C=CCC(NC(=O)c1cc(C)nc2onc(C)c12)C(=O)O. The quantitative estimate of drug-likeness (QED) is 0.810. The number of amides is 1. The molecular weight excluding hydrogens is 274 g/mol. The smallest absolute Gasteiger partial charge is 0.326 e. The van der Waals surface area contributed by atoms with E-state index >= 15 is 0 Å². The van der Waals surface area contributed by atoms with Gasteiger partial charge in [0.15, 0.2) is 0 Å². The lowest BCUT2D eigenvalue weighted by Gasteiger charge is -2.13. The largest absolute Gasteiger partial charge is 0.480 e. The maximum absolute atomic E-state index is 12.3. The van der Waals surface area contributed by atoms with Crippen LogP contribution in [0.1, 0.15) is 28.2 Å². The second-order valence-corrected chi connectivity index (χ2v) is 4.65. The van der Waals surface area contributed by atoms with Crippen LogP contribution < -0.4 is 5.32 Å². The van der Waals surface area contributed by atoms with Gasteiger partial charge in [-0.15, -0.1) is 6.58 Å². The van der Waals surface area contributed by atoms with E-state index in [0.29, 0.717) is 22.3 Å². The van der Waals surface area contributed by atoms with Gasteiger partial charge in [-0.3, -0.25) is 4.79 Å². The number of carbonyl (C=O) groups excluding carboxylic acids is 1. The van der Waals surface area contributed by atoms with Crippen molar-refractivity contribution in [1.29, 1.82) is 0 Å². The molecule has 21 heavy (non-hydrogen) atoms. The van der Waals surface area contributed by atoms with Gasteiger partial charge in [0.05, 0.1) is 16.6 Å². The minimum atomic E-state index is -1.12. The summed E-state index contributed by atoms with van der Waals surface area (Å²) in [5.41, 5.74) is 1.66. The zero-order valence-corrected chi connectivity index (χ0v) is 11.7. The number of nitrogens with zero attached hydrogens (tertiary/aromatic N) is 2. The van der Waals surface area contributed by atoms with Crippen LogP contribution in [0.2, 0.25) is 0 Å². The first kappa shape index (κ1) is 14.7. The molecule has 1 amide bonds. The van der Waals surface area contributed by atoms with Crippen molar-refractivity contribution < 1.29 is 19.2 Å². The molecule has 2 aromatic heterocycles. The maximum atomic E-state index is 12.3. The molecule has 0 aromatic carbocycles. The van der Waals surface area contributed by atoms with Crippen LogP contribution in [0, 0.1) is 13.8 Å². The lowest BCUT2D eigenvalue weighted by molar-refractivity contribution is -0.139. The number of aromatic nitrogens is 2. The first-order chi connectivity index (χ1) is 9.93. The van der Waals surface area contributed by atoms with Gasteiger partial charge in [-0.1, -0.05) is 11.2 Å². The summed E-state index contributed by atoms with van der Waals surface area (Å²) in [5, 5.41) is 15.8. The molecule has 0 radical (unpaired) electrons. The van der Waals surface area contributed by atoms with Gasteiger partial charge >= 0.3 is 5.97 Å². The van der Waals surface area contributed by atoms with Gasteiger partial charge in [-0.05, 0) is 26.3 Å². The zero-order valence-electron chi connectivity index (χ0n) is 11.7. The predicted molar refractivity (Wildman–Crippen MR) is 75.0 cm³/mol. The van der Waals surface area contributed by atoms with Crippen molar-refractivity contribution in [2.24, 2.45) is 0 Å². The number of carboxylic acid groups (broad SMARTS) is 1. The Morgan fingerprint density at radius 2 is 2.24 bits per heavy atom. The molecule has 0 aliphatic heterocycles. The second-order valence-electron chi connectivity index (χ2n) is 4.65. The standard InChI is InChI=1S/C14H15N3O4/c1-4-5-10(14(19)20)16-12(18)9-6-7(2)15-13-11(9)8(3)17-21-13/h4,6,10H,1,5H2,2-3H3,(H,16,18)(H,19,20). The van der Waals surface area contributed by atoms with E-state index in [1.807, 2.05) is 0 Å². The summed E-state index contributed by atoms with van der Waals surface area (Å²) < 4.78 is 5.05. The Labute approximate surface area is 120 Å². The van der Waals surface area contributed by atoms with E-state index in [-0.39, 0.29) is 12.1 Å². The molecule has 0 spiro atoms. The molecule has 0 aliphatic rings. The highest BCUT2D eigenvalue weighted by Crippen LogP contribution is 2.21. The monoisotopic (exact) mass is 289 g/mol. The number of carbonyl (C=O) groups is 2. The fraction of sp³-hybridized carbons (Fsp3) is 0.286. The summed E-state index contributed by atoms with van der Waals surface area (Å²) in [6.07, 6.45) is 1.58. The van der Waals surface area contributed by atoms with Crippen molar-refractivity contribution in [3.8, 4) is 0 Å². The van der Waals surface area contributed by atoms with Crippen molar-refractivity contribution in [3.05, 3.63) is 35.7 Å². The fourth-order valence-electron chi connectivity index (χ4n) is 2.02. The fourth-order valence-corrected chi connectivity index (χ4v) is 2.02. The summed E-state index contributed by atoms with van der Waals surface area (Å²) in [4.78, 5) is 27.6. The van der Waals surface area contributed by atoms with Crippen molar-refractivity contribution in [2.45, 2.75) is 26.3 Å². The molecule has 1 unspecified atom stereocenters. The Bertz CT molecular complexity index is 720. The molecule has 2 heterocycles. The van der Waals surface area contributed by atoms with E-state index in [0.717, 1.165) is 0 Å². The second kappa shape index (κ2) is 5.74. The molecule has 1 atom stereocenters. The summed E-state index contributed by atoms with van der Waals surface area (Å²) in [6, 6.07) is 0.549. The third-order valence-electron chi connectivity index (χ3n) is 3.00. The van der Waals surface area contributed by atoms with E-state index in [9.17, 15) is 9.59 Å². The van der Waals surface area contributed by atoms with E-state index < -0.39 is 17.9 Å². The number of hydrogen-bond donors (Lipinski definition) is 2. The van der Waals surface area contributed by atoms with Crippen LogP contribution >= 0.6 is 0 Å². The van der Waals surface area contributed by atoms with Crippen molar-refractivity contribution in [1.82, 2.24) is 15.5 Å². The maximum Gasteiger partial charge on any atom is 0.326 e. The minimum Gasteiger partial charge on any atom is -0.480 e. The van der Waals surface area contributed by atoms with Crippen molar-refractivity contribution in [3.63, 3.8) is 0 Å². The van der Waals surface area contributed by atoms with Crippen LogP contribution in [0.15, 0.2) is 23.2 Å². The summed E-state index contributed by atoms with van der Waals surface area (Å²) >= 11 is 0. The third-order valence-corrected chi connectivity index (χ3v) is 3.00. The molecule has 110 valence electrons. The number of rotatable bonds is 5. The molecule has 0 saturated carbocycles. The molecule has 2 aromatic rings. The normalized spacial score (nSPS) is 12.1. The zero-order chi connectivity index (χ0) is 15.6. The van der Waals surface area contributed by atoms with Gasteiger partial charge in [0.25, 0.3) is 11.6 Å². The van der Waals surface area contributed by atoms with Gasteiger partial charge < -0.3 is 14.9 Å². The van der Waals surface area contributed by atoms with Gasteiger partial charge in [0.1, 0.15) is 6.04 Å². The minimum absolute atomic E-state index is 0.136. The highest BCUT2D eigenvalue weighted by Gasteiger charge is 2.23. The van der Waals surface area contributed by atoms with Crippen LogP contribution in [-0.2, 0) is 4.79 Å². The number of hydrogen-bond acceptors (Lipinski definition) is 5. The number of fused-ring (bicyclic) bond motifs is 1. The molecule has 2 N–H and O–H groups in total. The molecule has 0 saturated heterocycles. The molecule has 7 nitrogen and oxygen atoms in total. The number of pyridine rings is 1. The number of aryl methyl sites for hydroxylation is 2. The summed E-state index contributed by atoms with van der Waals surface area (Å²) in [6.45, 7) is 6.89. The Morgan fingerprint density at radius 3 is 2.86 bits per heavy atom. The highest BCUT2D eigenvalue weighted by atomic mass is 16.5. The van der Waals surface area contributed by atoms with Gasteiger partial charge in [0.2, 0.25) is 0 Å². The number of carboxylic acids is 1. The Morgan fingerprint density at radius 1 is 1.52 bits per heavy atom. The van der Waals surface area contributed by atoms with E-state index in [4.69, 9.17) is 9.63 Å². The average molecular weight is 289 g/mol. The molecule has 2 rings (SSSR count). The Kier molecular flexibility index (Phi) is 4.02. The van der Waals surface area contributed by atoms with Crippen LogP contribution in [-0.4, -0.2) is 33.2 Å². The van der Waals surface area contributed by atoms with Crippen molar-refractivity contribution in [2.75, 3.05) is 0 Å². The lowest BCUT2D eigenvalue weighted by Crippen LogP contribution is -2.40. The van der Waals surface area contributed by atoms with Crippen LogP contribution in [0.5, 0.6) is 0 Å². The highest BCUT2D eigenvalue weighted by molar-refractivity contribution is 6.07. The number of nitrogens with one attached hydrogen (secondary N) is 1. The molecular formula is C14H15N3O4. The Balaban J connectivity index is 2.41. The topological polar surface area (TPSA) is 105 Å². The Hall–Kier alpha value is -2.70. The van der Waals surface area contributed by atoms with Gasteiger partial charge in [-0.25, -0.2) is 9.78 Å². The molecule has 7 heteroatoms. The van der Waals surface area contributed by atoms with E-state index in [1.54, 1.807) is 19.9 Å². The molecule has 0 fully saturated rings. The van der Waals surface area contributed by atoms with Crippen LogP contribution in [0.4, 0.5) is 0 Å². The summed E-state index contributed by atoms with van der Waals surface area (Å²) in [7, 11) is 0. The first-order valence-electron chi connectivity index (χ1n) is 6.32. The van der Waals surface area contributed by atoms with Gasteiger partial charge in [0, 0.05) is 5.69 Å². The predicted octanol–water partition coefficient (Wildman–Crippen LogP) is 1.60. The molecule has 0 aliphatic carbocycles. The summed E-state index contributed by atoms with van der Waals surface area (Å²) in [5.74, 6) is -1.63. The molecule has 0 bridgehead atoms. The van der Waals surface area contributed by atoms with Crippen molar-refractivity contribution >= 4 is 23.0 Å². The number of aliphatic carboxylic acids is 1. The van der Waals surface area contributed by atoms with Crippen LogP contribution in [0.25, 0.3) is 11.1 Å². The first-order valence-corrected chi connectivity index (χ1v) is 6.32. The average Bonchev–Trinajstić information content (AvgIpc) is 2.78. The van der Waals surface area contributed by atoms with E-state index in [2.05, 4.69) is 22.0 Å². The lowest BCUT2D eigenvalue weighted by atomic mass is 10.1. The van der Waals surface area contributed by atoms with Gasteiger partial charge in [-0.2, -0.15) is 0 Å². The van der Waals surface area contributed by atoms with Crippen LogP contribution in [0.3, 0.4) is 0 Å². The van der Waals surface area contributed by atoms with E-state index in [1.165, 1.54) is 6.08 Å². The third kappa shape index (κ3) is 2.91.